The molecule has 0 bridgehead atoms. The molecule has 1 aliphatic heterocycles. The van der Waals surface area contributed by atoms with Crippen molar-refractivity contribution >= 4 is 16.8 Å². The van der Waals surface area contributed by atoms with E-state index >= 15 is 0 Å². The van der Waals surface area contributed by atoms with Crippen LogP contribution < -0.4 is 5.43 Å². The minimum atomic E-state index is -0.958. The molecule has 1 aliphatic carbocycles. The molecule has 2 aromatic carbocycles. The van der Waals surface area contributed by atoms with Gasteiger partial charge in [-0.15, -0.1) is 0 Å². The lowest BCUT2D eigenvalue weighted by atomic mass is 9.90. The average molecular weight is 380 g/mol. The second-order valence-corrected chi connectivity index (χ2v) is 6.64. The summed E-state index contributed by atoms with van der Waals surface area (Å²) in [5.41, 5.74) is 1.88. The van der Waals surface area contributed by atoms with E-state index in [4.69, 9.17) is 4.42 Å². The van der Waals surface area contributed by atoms with Gasteiger partial charge in [0.25, 0.3) is 0 Å². The number of rotatable bonds is 2. The van der Waals surface area contributed by atoms with Crippen LogP contribution in [0.2, 0.25) is 0 Å². The highest BCUT2D eigenvalue weighted by Gasteiger charge is 2.22. The number of carbonyl (C=O) groups excluding carboxylic acids is 1. The number of halogens is 2. The molecule has 0 saturated carbocycles. The normalized spacial score (nSPS) is 11.3. The second kappa shape index (κ2) is 6.27. The molecule has 0 radical (unpaired) electrons. The summed E-state index contributed by atoms with van der Waals surface area (Å²) in [7, 11) is 0. The zero-order valence-electron chi connectivity index (χ0n) is 15.0. The monoisotopic (exact) mass is 380 g/mol. The number of benzene rings is 3. The summed E-state index contributed by atoms with van der Waals surface area (Å²) in [6.45, 7) is 3.22. The fourth-order valence-electron chi connectivity index (χ4n) is 3.35. The van der Waals surface area contributed by atoms with Crippen LogP contribution in [-0.2, 0) is 0 Å². The predicted molar refractivity (Wildman–Crippen MR) is 101 cm³/mol. The number of phenols is 1. The maximum Gasteiger partial charge on any atom is 0.217 e. The molecule has 0 fully saturated rings. The zero-order valence-corrected chi connectivity index (χ0v) is 15.0. The fraction of sp³-hybridized carbons (Fsp3) is 0.0909. The first kappa shape index (κ1) is 17.9. The van der Waals surface area contributed by atoms with Crippen LogP contribution >= 0.6 is 0 Å². The molecule has 0 saturated heterocycles. The standard InChI is InChI=1S/C22H14F2O4/c1-10-5-12(11(2)25)3-4-13(10)22-14-6-16(23)18(26)8-20(14)28-21-9-19(27)17(24)7-15(21)22/h3-9,26H,1-2H3. The molecule has 0 unspecified atom stereocenters. The Morgan fingerprint density at radius 3 is 2.43 bits per heavy atom. The van der Waals surface area contributed by atoms with E-state index in [1.54, 1.807) is 25.1 Å². The van der Waals surface area contributed by atoms with Crippen molar-refractivity contribution in [3.63, 3.8) is 0 Å². The molecule has 0 spiro atoms. The molecule has 0 atom stereocenters. The first-order chi connectivity index (χ1) is 13.3. The lowest BCUT2D eigenvalue weighted by Gasteiger charge is -2.17. The van der Waals surface area contributed by atoms with Crippen LogP contribution in [0.15, 0.2) is 51.7 Å². The van der Waals surface area contributed by atoms with Crippen LogP contribution in [0.1, 0.15) is 22.8 Å². The molecule has 2 aromatic rings. The van der Waals surface area contributed by atoms with Gasteiger partial charge in [-0.2, -0.15) is 0 Å². The number of Topliss-reactive ketones (excluding diaryl/α,β-unsaturated/α-hetero) is 1. The van der Waals surface area contributed by atoms with Crippen molar-refractivity contribution in [1.82, 2.24) is 0 Å². The van der Waals surface area contributed by atoms with Crippen LogP contribution in [-0.4, -0.2) is 10.9 Å². The van der Waals surface area contributed by atoms with Crippen LogP contribution in [0.3, 0.4) is 0 Å². The number of aromatic hydroxyl groups is 1. The van der Waals surface area contributed by atoms with Crippen molar-refractivity contribution in [2.24, 2.45) is 0 Å². The Hall–Kier alpha value is -3.54. The zero-order chi connectivity index (χ0) is 20.2. The third-order valence-electron chi connectivity index (χ3n) is 4.74. The van der Waals surface area contributed by atoms with E-state index in [-0.39, 0.29) is 22.7 Å². The molecular weight excluding hydrogens is 366 g/mol. The Balaban J connectivity index is 2.19. The summed E-state index contributed by atoms with van der Waals surface area (Å²) in [6.07, 6.45) is 0. The van der Waals surface area contributed by atoms with E-state index in [1.807, 2.05) is 0 Å². The lowest BCUT2D eigenvalue weighted by Crippen LogP contribution is -2.07. The van der Waals surface area contributed by atoms with Gasteiger partial charge in [-0.25, -0.2) is 8.78 Å². The summed E-state index contributed by atoms with van der Waals surface area (Å²) in [5.74, 6) is -2.42. The quantitative estimate of drug-likeness (QED) is 0.390. The molecule has 4 rings (SSSR count). The lowest BCUT2D eigenvalue weighted by molar-refractivity contribution is 0.101. The van der Waals surface area contributed by atoms with Crippen molar-refractivity contribution in [3.05, 3.63) is 75.4 Å². The van der Waals surface area contributed by atoms with Gasteiger partial charge in [0.05, 0.1) is 0 Å². The molecule has 6 heteroatoms. The molecule has 4 nitrogen and oxygen atoms in total. The number of hydrogen-bond acceptors (Lipinski definition) is 4. The molecule has 0 aromatic heterocycles. The van der Waals surface area contributed by atoms with E-state index in [0.717, 1.165) is 24.3 Å². The number of aryl methyl sites for hydroxylation is 1. The van der Waals surface area contributed by atoms with Gasteiger partial charge in [0.2, 0.25) is 5.43 Å². The summed E-state index contributed by atoms with van der Waals surface area (Å²) in [5, 5.41) is 10.0. The minimum absolute atomic E-state index is 0.106. The topological polar surface area (TPSA) is 67.5 Å². The van der Waals surface area contributed by atoms with E-state index in [2.05, 4.69) is 0 Å². The minimum Gasteiger partial charge on any atom is -0.505 e. The van der Waals surface area contributed by atoms with E-state index in [0.29, 0.717) is 27.6 Å². The number of hydrogen-bond donors (Lipinski definition) is 1. The SMILES string of the molecule is CC(=O)c1ccc(-c2c3cc(F)c(=O)cc-3oc3cc(O)c(F)cc23)c(C)c1. The molecule has 1 heterocycles. The third kappa shape index (κ3) is 2.74. The number of phenolic OH excluding ortho intramolecular Hbond substituents is 1. The molecule has 140 valence electrons. The van der Waals surface area contributed by atoms with Gasteiger partial charge in [0.1, 0.15) is 11.3 Å². The van der Waals surface area contributed by atoms with Crippen molar-refractivity contribution < 1.29 is 23.1 Å². The Morgan fingerprint density at radius 2 is 1.75 bits per heavy atom. The van der Waals surface area contributed by atoms with Gasteiger partial charge in [0.15, 0.2) is 23.2 Å². The molecule has 1 N–H and O–H groups in total. The summed E-state index contributed by atoms with van der Waals surface area (Å²) in [4.78, 5) is 23.4. The number of ketones is 1. The molecule has 0 amide bonds. The van der Waals surface area contributed by atoms with E-state index in [9.17, 15) is 23.5 Å². The number of fused-ring (bicyclic) bond motifs is 2. The highest BCUT2D eigenvalue weighted by Crippen LogP contribution is 2.42. The van der Waals surface area contributed by atoms with Crippen molar-refractivity contribution in [2.45, 2.75) is 13.8 Å². The van der Waals surface area contributed by atoms with Crippen molar-refractivity contribution in [3.8, 4) is 28.2 Å². The second-order valence-electron chi connectivity index (χ2n) is 6.64. The van der Waals surface area contributed by atoms with Crippen LogP contribution in [0, 0.1) is 18.6 Å². The van der Waals surface area contributed by atoms with E-state index in [1.165, 1.54) is 6.92 Å². The Labute approximate surface area is 158 Å². The van der Waals surface area contributed by atoms with Gasteiger partial charge in [-0.05, 0) is 43.2 Å². The van der Waals surface area contributed by atoms with Crippen LogP contribution in [0.25, 0.3) is 33.4 Å². The highest BCUT2D eigenvalue weighted by molar-refractivity contribution is 6.03. The molecular formula is C22H14F2O4. The smallest absolute Gasteiger partial charge is 0.217 e. The highest BCUT2D eigenvalue weighted by atomic mass is 19.1. The average Bonchev–Trinajstić information content (AvgIpc) is 2.63. The van der Waals surface area contributed by atoms with Gasteiger partial charge >= 0.3 is 0 Å². The van der Waals surface area contributed by atoms with Gasteiger partial charge < -0.3 is 9.52 Å². The van der Waals surface area contributed by atoms with Gasteiger partial charge in [0, 0.05) is 34.2 Å². The maximum absolute atomic E-state index is 14.1. The summed E-state index contributed by atoms with van der Waals surface area (Å²) < 4.78 is 33.8. The first-order valence-electron chi connectivity index (χ1n) is 8.47. The fourth-order valence-corrected chi connectivity index (χ4v) is 3.35. The third-order valence-corrected chi connectivity index (χ3v) is 4.74. The first-order valence-corrected chi connectivity index (χ1v) is 8.47. The molecule has 2 aliphatic rings. The van der Waals surface area contributed by atoms with Gasteiger partial charge in [-0.3, -0.25) is 9.59 Å². The van der Waals surface area contributed by atoms with Crippen LogP contribution in [0.5, 0.6) is 5.75 Å². The summed E-state index contributed by atoms with van der Waals surface area (Å²) in [6, 6.07) is 9.29. The number of carbonyl (C=O) groups is 1. The maximum atomic E-state index is 14.1. The Morgan fingerprint density at radius 1 is 1.00 bits per heavy atom. The Bertz CT molecular complexity index is 1300. The van der Waals surface area contributed by atoms with Crippen molar-refractivity contribution in [2.75, 3.05) is 0 Å². The Kier molecular flexibility index (Phi) is 4.00. The predicted octanol–water partition coefficient (Wildman–Crippen LogP) is 5.06. The van der Waals surface area contributed by atoms with Gasteiger partial charge in [-0.1, -0.05) is 12.1 Å². The van der Waals surface area contributed by atoms with E-state index < -0.39 is 22.8 Å². The van der Waals surface area contributed by atoms with Crippen LogP contribution in [0.4, 0.5) is 8.78 Å². The van der Waals surface area contributed by atoms with Crippen molar-refractivity contribution in [1.29, 1.82) is 0 Å². The summed E-state index contributed by atoms with van der Waals surface area (Å²) >= 11 is 0. The molecule has 28 heavy (non-hydrogen) atoms. The largest absolute Gasteiger partial charge is 0.505 e.